The third-order valence-electron chi connectivity index (χ3n) is 3.65. The second-order valence-electron chi connectivity index (χ2n) is 5.32. The van der Waals surface area contributed by atoms with Crippen molar-refractivity contribution in [2.75, 3.05) is 26.4 Å². The maximum absolute atomic E-state index is 5.78. The maximum atomic E-state index is 5.78. The van der Waals surface area contributed by atoms with E-state index in [-0.39, 0.29) is 0 Å². The van der Waals surface area contributed by atoms with Crippen LogP contribution < -0.4 is 5.32 Å². The minimum atomic E-state index is 0.621. The van der Waals surface area contributed by atoms with Crippen LogP contribution in [-0.4, -0.2) is 37.3 Å². The van der Waals surface area contributed by atoms with Gasteiger partial charge in [0, 0.05) is 12.6 Å². The average molecular weight is 268 g/mol. The van der Waals surface area contributed by atoms with E-state index >= 15 is 0 Å². The maximum Gasteiger partial charge on any atom is 0.118 e. The first-order chi connectivity index (χ1) is 8.69. The van der Waals surface area contributed by atoms with Gasteiger partial charge < -0.3 is 14.6 Å². The molecule has 2 atom stereocenters. The molecule has 1 aromatic heterocycles. The lowest BCUT2D eigenvalue weighted by Gasteiger charge is -2.35. The van der Waals surface area contributed by atoms with Crippen LogP contribution in [0.5, 0.6) is 0 Å². The lowest BCUT2D eigenvalue weighted by atomic mass is 9.94. The molecule has 0 aliphatic carbocycles. The molecular formula is C14H24N2OS. The molecule has 0 radical (unpaired) electrons. The van der Waals surface area contributed by atoms with Crippen molar-refractivity contribution in [3.63, 3.8) is 0 Å². The second-order valence-corrected chi connectivity index (χ2v) is 6.18. The molecule has 1 aliphatic heterocycles. The van der Waals surface area contributed by atoms with Gasteiger partial charge in [0.2, 0.25) is 0 Å². The van der Waals surface area contributed by atoms with Crippen molar-refractivity contribution < 1.29 is 4.42 Å². The van der Waals surface area contributed by atoms with E-state index in [4.69, 9.17) is 4.42 Å². The molecule has 0 bridgehead atoms. The van der Waals surface area contributed by atoms with Crippen molar-refractivity contribution in [2.45, 2.75) is 31.7 Å². The number of nitrogens with zero attached hydrogens (tertiary/aromatic N) is 1. The molecule has 0 aromatic carbocycles. The molecule has 1 aliphatic rings. The molecule has 2 unspecified atom stereocenters. The second kappa shape index (κ2) is 6.64. The number of hydrogen-bond acceptors (Lipinski definition) is 4. The number of furan rings is 1. The largest absolute Gasteiger partial charge is 0.464 e. The van der Waals surface area contributed by atoms with Gasteiger partial charge in [-0.3, -0.25) is 0 Å². The normalized spacial score (nSPS) is 25.5. The zero-order valence-corrected chi connectivity index (χ0v) is 12.4. The van der Waals surface area contributed by atoms with Crippen molar-refractivity contribution in [2.24, 2.45) is 5.92 Å². The summed E-state index contributed by atoms with van der Waals surface area (Å²) in [6.07, 6.45) is 3.33. The Morgan fingerprint density at radius 1 is 1.44 bits per heavy atom. The molecule has 1 N–H and O–H groups in total. The number of thioether (sulfide) groups is 1. The van der Waals surface area contributed by atoms with Gasteiger partial charge in [-0.1, -0.05) is 6.92 Å². The summed E-state index contributed by atoms with van der Waals surface area (Å²) < 4.78 is 5.78. The highest BCUT2D eigenvalue weighted by Gasteiger charge is 2.23. The van der Waals surface area contributed by atoms with Gasteiger partial charge in [-0.25, -0.2) is 0 Å². The predicted molar refractivity (Wildman–Crippen MR) is 77.8 cm³/mol. The number of hydrogen-bond donors (Lipinski definition) is 1. The van der Waals surface area contributed by atoms with Gasteiger partial charge in [0.25, 0.3) is 0 Å². The third-order valence-corrected chi connectivity index (χ3v) is 4.22. The number of likely N-dealkylation sites (tertiary alicyclic amines) is 1. The van der Waals surface area contributed by atoms with E-state index in [1.54, 1.807) is 11.8 Å². The Balaban J connectivity index is 1.79. The molecule has 102 valence electrons. The summed E-state index contributed by atoms with van der Waals surface area (Å²) in [5.41, 5.74) is 0. The quantitative estimate of drug-likeness (QED) is 0.888. The Kier molecular flexibility index (Phi) is 5.15. The Bertz CT molecular complexity index is 366. The zero-order valence-electron chi connectivity index (χ0n) is 11.6. The van der Waals surface area contributed by atoms with E-state index in [1.165, 1.54) is 19.5 Å². The average Bonchev–Trinajstić information content (AvgIpc) is 2.76. The molecule has 18 heavy (non-hydrogen) atoms. The molecule has 0 saturated carbocycles. The molecule has 4 heteroatoms. The smallest absolute Gasteiger partial charge is 0.118 e. The van der Waals surface area contributed by atoms with Gasteiger partial charge in [-0.05, 0) is 44.3 Å². The molecule has 2 heterocycles. The fourth-order valence-corrected chi connectivity index (χ4v) is 3.07. The Morgan fingerprint density at radius 3 is 2.94 bits per heavy atom. The lowest BCUT2D eigenvalue weighted by Crippen LogP contribution is -2.46. The SMILES string of the molecule is CSCc1ccc(CNC2CCN(C)CC2C)o1. The summed E-state index contributed by atoms with van der Waals surface area (Å²) in [6.45, 7) is 5.56. The lowest BCUT2D eigenvalue weighted by molar-refractivity contribution is 0.172. The minimum Gasteiger partial charge on any atom is -0.464 e. The molecule has 2 rings (SSSR count). The molecule has 1 saturated heterocycles. The first-order valence-electron chi connectivity index (χ1n) is 6.67. The first kappa shape index (κ1) is 14.0. The van der Waals surface area contributed by atoms with Crippen LogP contribution in [-0.2, 0) is 12.3 Å². The van der Waals surface area contributed by atoms with Crippen LogP contribution in [0.25, 0.3) is 0 Å². The van der Waals surface area contributed by atoms with Crippen LogP contribution in [0.2, 0.25) is 0 Å². The van der Waals surface area contributed by atoms with Crippen LogP contribution in [0.15, 0.2) is 16.5 Å². The van der Waals surface area contributed by atoms with Crippen LogP contribution in [0.4, 0.5) is 0 Å². The summed E-state index contributed by atoms with van der Waals surface area (Å²) >= 11 is 1.80. The number of nitrogens with one attached hydrogen (secondary N) is 1. The fourth-order valence-electron chi connectivity index (χ4n) is 2.63. The standard InChI is InChI=1S/C14H24N2OS/c1-11-9-16(2)7-6-14(11)15-8-12-4-5-13(17-12)10-18-3/h4-5,11,14-15H,6-10H2,1-3H3. The summed E-state index contributed by atoms with van der Waals surface area (Å²) in [7, 11) is 2.20. The number of rotatable bonds is 5. The van der Waals surface area contributed by atoms with E-state index in [0.29, 0.717) is 12.0 Å². The summed E-state index contributed by atoms with van der Waals surface area (Å²) in [6, 6.07) is 4.80. The highest BCUT2D eigenvalue weighted by Crippen LogP contribution is 2.17. The summed E-state index contributed by atoms with van der Waals surface area (Å²) in [5.74, 6) is 3.82. The molecule has 1 aromatic rings. The molecule has 3 nitrogen and oxygen atoms in total. The van der Waals surface area contributed by atoms with Gasteiger partial charge in [0.15, 0.2) is 0 Å². The highest BCUT2D eigenvalue weighted by molar-refractivity contribution is 7.97. The van der Waals surface area contributed by atoms with Crippen molar-refractivity contribution >= 4 is 11.8 Å². The van der Waals surface area contributed by atoms with Gasteiger partial charge in [-0.2, -0.15) is 11.8 Å². The molecule has 0 amide bonds. The van der Waals surface area contributed by atoms with Crippen LogP contribution in [0.3, 0.4) is 0 Å². The Morgan fingerprint density at radius 2 is 2.22 bits per heavy atom. The highest BCUT2D eigenvalue weighted by atomic mass is 32.2. The molecule has 1 fully saturated rings. The van der Waals surface area contributed by atoms with Gasteiger partial charge in [0.1, 0.15) is 11.5 Å². The van der Waals surface area contributed by atoms with E-state index < -0.39 is 0 Å². The number of piperidine rings is 1. The zero-order chi connectivity index (χ0) is 13.0. The minimum absolute atomic E-state index is 0.621. The fraction of sp³-hybridized carbons (Fsp3) is 0.714. The van der Waals surface area contributed by atoms with Crippen molar-refractivity contribution in [1.29, 1.82) is 0 Å². The predicted octanol–water partition coefficient (Wildman–Crippen LogP) is 2.57. The molecule has 0 spiro atoms. The van der Waals surface area contributed by atoms with Crippen molar-refractivity contribution in [3.05, 3.63) is 23.7 Å². The molecular weight excluding hydrogens is 244 g/mol. The van der Waals surface area contributed by atoms with Gasteiger partial charge in [0.05, 0.1) is 12.3 Å². The van der Waals surface area contributed by atoms with E-state index in [2.05, 4.69) is 42.6 Å². The van der Waals surface area contributed by atoms with E-state index in [1.807, 2.05) is 0 Å². The summed E-state index contributed by atoms with van der Waals surface area (Å²) in [4.78, 5) is 2.41. The van der Waals surface area contributed by atoms with Crippen molar-refractivity contribution in [1.82, 2.24) is 10.2 Å². The monoisotopic (exact) mass is 268 g/mol. The van der Waals surface area contributed by atoms with Gasteiger partial charge >= 0.3 is 0 Å². The van der Waals surface area contributed by atoms with Gasteiger partial charge in [-0.15, -0.1) is 0 Å². The Hall–Kier alpha value is -0.450. The topological polar surface area (TPSA) is 28.4 Å². The Labute approximate surface area is 114 Å². The van der Waals surface area contributed by atoms with Crippen LogP contribution in [0.1, 0.15) is 24.9 Å². The van der Waals surface area contributed by atoms with Crippen LogP contribution in [0, 0.1) is 5.92 Å². The van der Waals surface area contributed by atoms with Crippen LogP contribution >= 0.6 is 11.8 Å². The third kappa shape index (κ3) is 3.77. The van der Waals surface area contributed by atoms with E-state index in [0.717, 1.165) is 23.8 Å². The summed E-state index contributed by atoms with van der Waals surface area (Å²) in [5, 5.41) is 3.64. The first-order valence-corrected chi connectivity index (χ1v) is 8.07. The van der Waals surface area contributed by atoms with Crippen molar-refractivity contribution in [3.8, 4) is 0 Å². The van der Waals surface area contributed by atoms with E-state index in [9.17, 15) is 0 Å².